The number of H-pyrrole nitrogens is 1. The minimum atomic E-state index is -0.370. The molecule has 1 aliphatic heterocycles. The Morgan fingerprint density at radius 3 is 2.90 bits per heavy atom. The van der Waals surface area contributed by atoms with Gasteiger partial charge in [0, 0.05) is 5.92 Å². The Labute approximate surface area is 122 Å². The van der Waals surface area contributed by atoms with E-state index in [2.05, 4.69) is 15.0 Å². The van der Waals surface area contributed by atoms with Crippen LogP contribution in [0.15, 0.2) is 11.1 Å². The number of ether oxygens (including phenoxy) is 1. The fraction of sp³-hybridized carbons (Fsp3) is 0.615. The Bertz CT molecular complexity index is 665. The molecule has 1 aliphatic rings. The van der Waals surface area contributed by atoms with Crippen molar-refractivity contribution >= 4 is 17.1 Å². The van der Waals surface area contributed by atoms with Gasteiger partial charge < -0.3 is 15.6 Å². The highest BCUT2D eigenvalue weighted by Crippen LogP contribution is 2.34. The average Bonchev–Trinajstić information content (AvgIpc) is 3.04. The van der Waals surface area contributed by atoms with E-state index in [1.165, 1.54) is 6.33 Å². The van der Waals surface area contributed by atoms with Crippen LogP contribution in [-0.4, -0.2) is 37.3 Å². The molecule has 1 saturated heterocycles. The summed E-state index contributed by atoms with van der Waals surface area (Å²) in [6.45, 7) is 5.99. The number of aromatic nitrogens is 4. The van der Waals surface area contributed by atoms with Gasteiger partial charge in [-0.3, -0.25) is 14.3 Å². The maximum atomic E-state index is 11.7. The van der Waals surface area contributed by atoms with E-state index in [0.717, 1.165) is 6.42 Å². The summed E-state index contributed by atoms with van der Waals surface area (Å²) in [6, 6.07) is 0. The van der Waals surface area contributed by atoms with E-state index in [1.54, 1.807) is 4.57 Å². The number of nitrogens with two attached hydrogens (primary N) is 1. The van der Waals surface area contributed by atoms with Gasteiger partial charge in [0.2, 0.25) is 5.95 Å². The second-order valence-corrected chi connectivity index (χ2v) is 4.82. The van der Waals surface area contributed by atoms with Gasteiger partial charge in [-0.15, -0.1) is 0 Å². The molecule has 0 saturated carbocycles. The molecule has 0 spiro atoms. The molecule has 4 N–H and O–H groups in total. The van der Waals surface area contributed by atoms with Crippen molar-refractivity contribution in [1.29, 1.82) is 0 Å². The van der Waals surface area contributed by atoms with Crippen molar-refractivity contribution in [3.63, 3.8) is 0 Å². The number of aliphatic hydroxyl groups is 1. The van der Waals surface area contributed by atoms with Crippen molar-refractivity contribution in [3.8, 4) is 0 Å². The van der Waals surface area contributed by atoms with Gasteiger partial charge in [0.1, 0.15) is 6.23 Å². The number of imidazole rings is 1. The molecule has 0 radical (unpaired) electrons. The number of hydrogen-bond acceptors (Lipinski definition) is 6. The number of aromatic amines is 1. The largest absolute Gasteiger partial charge is 0.394 e. The Morgan fingerprint density at radius 2 is 2.29 bits per heavy atom. The second-order valence-electron chi connectivity index (χ2n) is 4.82. The number of fused-ring (bicyclic) bond motifs is 1. The molecule has 8 nitrogen and oxygen atoms in total. The molecule has 3 heterocycles. The average molecular weight is 295 g/mol. The fourth-order valence-corrected chi connectivity index (χ4v) is 2.50. The topological polar surface area (TPSA) is 119 Å². The number of anilines is 1. The zero-order chi connectivity index (χ0) is 15.6. The quantitative estimate of drug-likeness (QED) is 0.748. The van der Waals surface area contributed by atoms with Gasteiger partial charge in [-0.1, -0.05) is 20.8 Å². The summed E-state index contributed by atoms with van der Waals surface area (Å²) in [7, 11) is 0. The third-order valence-electron chi connectivity index (χ3n) is 3.38. The van der Waals surface area contributed by atoms with E-state index >= 15 is 0 Å². The summed E-state index contributed by atoms with van der Waals surface area (Å²) in [5.41, 5.74) is 5.81. The predicted molar refractivity (Wildman–Crippen MR) is 78.7 cm³/mol. The lowest BCUT2D eigenvalue weighted by Crippen LogP contribution is -2.17. The van der Waals surface area contributed by atoms with Gasteiger partial charge in [0.15, 0.2) is 11.2 Å². The lowest BCUT2D eigenvalue weighted by atomic mass is 10.1. The van der Waals surface area contributed by atoms with Crippen LogP contribution in [0.1, 0.15) is 33.4 Å². The van der Waals surface area contributed by atoms with Crippen LogP contribution in [0.5, 0.6) is 0 Å². The second kappa shape index (κ2) is 6.23. The van der Waals surface area contributed by atoms with Gasteiger partial charge in [-0.05, 0) is 6.42 Å². The van der Waals surface area contributed by atoms with Crippen molar-refractivity contribution in [2.75, 3.05) is 12.3 Å². The zero-order valence-corrected chi connectivity index (χ0v) is 12.4. The number of aliphatic hydroxyl groups excluding tert-OH is 1. The monoisotopic (exact) mass is 295 g/mol. The molecule has 3 rings (SSSR count). The van der Waals surface area contributed by atoms with Crippen LogP contribution in [0.2, 0.25) is 0 Å². The molecule has 0 bridgehead atoms. The molecular formula is C13H21N5O3. The van der Waals surface area contributed by atoms with Crippen molar-refractivity contribution < 1.29 is 9.84 Å². The van der Waals surface area contributed by atoms with Crippen molar-refractivity contribution in [3.05, 3.63) is 16.7 Å². The van der Waals surface area contributed by atoms with Gasteiger partial charge in [-0.2, -0.15) is 4.98 Å². The fourth-order valence-electron chi connectivity index (χ4n) is 2.50. The van der Waals surface area contributed by atoms with Gasteiger partial charge in [0.25, 0.3) is 5.56 Å². The highest BCUT2D eigenvalue weighted by Gasteiger charge is 2.34. The summed E-state index contributed by atoms with van der Waals surface area (Å²) >= 11 is 0. The number of hydrogen-bond donors (Lipinski definition) is 3. The molecule has 8 heteroatoms. The Kier molecular flexibility index (Phi) is 4.59. The molecule has 21 heavy (non-hydrogen) atoms. The van der Waals surface area contributed by atoms with Crippen LogP contribution >= 0.6 is 0 Å². The third-order valence-corrected chi connectivity index (χ3v) is 3.38. The Morgan fingerprint density at radius 1 is 1.57 bits per heavy atom. The van der Waals surface area contributed by atoms with Gasteiger partial charge in [0.05, 0.1) is 19.0 Å². The maximum Gasteiger partial charge on any atom is 0.280 e. The molecule has 3 unspecified atom stereocenters. The molecule has 116 valence electrons. The van der Waals surface area contributed by atoms with Crippen LogP contribution in [0.25, 0.3) is 11.2 Å². The van der Waals surface area contributed by atoms with E-state index in [9.17, 15) is 4.79 Å². The van der Waals surface area contributed by atoms with E-state index in [-0.39, 0.29) is 41.9 Å². The SMILES string of the molecule is CC.CC1CC(CO)OC1n1cnc2c(=O)[nH]c(N)nc21. The summed E-state index contributed by atoms with van der Waals surface area (Å²) in [6.07, 6.45) is 1.78. The lowest BCUT2D eigenvalue weighted by molar-refractivity contribution is -0.0294. The first-order chi connectivity index (χ1) is 10.1. The third kappa shape index (κ3) is 2.77. The van der Waals surface area contributed by atoms with Crippen LogP contribution < -0.4 is 11.3 Å². The van der Waals surface area contributed by atoms with Gasteiger partial charge >= 0.3 is 0 Å². The Hall–Kier alpha value is -1.93. The standard InChI is InChI=1S/C11H15N5O3.C2H6/c1-5-2-6(3-17)19-10(5)16-4-13-7-8(16)14-11(12)15-9(7)18;1-2/h4-6,10,17H,2-3H2,1H3,(H3,12,14,15,18);1-2H3. The van der Waals surface area contributed by atoms with Crippen molar-refractivity contribution in [2.24, 2.45) is 5.92 Å². The van der Waals surface area contributed by atoms with Crippen LogP contribution in [-0.2, 0) is 4.74 Å². The Balaban J connectivity index is 0.000000774. The predicted octanol–water partition coefficient (Wildman–Crippen LogP) is 0.644. The molecule has 2 aromatic rings. The molecule has 0 amide bonds. The van der Waals surface area contributed by atoms with Crippen molar-refractivity contribution in [2.45, 2.75) is 39.5 Å². The van der Waals surface area contributed by atoms with E-state index in [1.807, 2.05) is 20.8 Å². The maximum absolute atomic E-state index is 11.7. The molecule has 3 atom stereocenters. The zero-order valence-electron chi connectivity index (χ0n) is 12.4. The van der Waals surface area contributed by atoms with Crippen LogP contribution in [0.3, 0.4) is 0 Å². The minimum absolute atomic E-state index is 0.0242. The minimum Gasteiger partial charge on any atom is -0.394 e. The number of nitrogen functional groups attached to an aromatic ring is 1. The smallest absolute Gasteiger partial charge is 0.280 e. The number of rotatable bonds is 2. The number of nitrogens with one attached hydrogen (secondary N) is 1. The molecule has 0 aliphatic carbocycles. The van der Waals surface area contributed by atoms with E-state index < -0.39 is 0 Å². The van der Waals surface area contributed by atoms with Crippen molar-refractivity contribution in [1.82, 2.24) is 19.5 Å². The summed E-state index contributed by atoms with van der Waals surface area (Å²) < 4.78 is 7.43. The first-order valence-electron chi connectivity index (χ1n) is 7.08. The number of nitrogens with zero attached hydrogens (tertiary/aromatic N) is 3. The summed E-state index contributed by atoms with van der Waals surface area (Å²) in [5.74, 6) is 0.237. The first kappa shape index (κ1) is 15.5. The van der Waals surface area contributed by atoms with E-state index in [4.69, 9.17) is 15.6 Å². The summed E-state index contributed by atoms with van der Waals surface area (Å²) in [4.78, 5) is 22.3. The van der Waals surface area contributed by atoms with Crippen LogP contribution in [0.4, 0.5) is 5.95 Å². The highest BCUT2D eigenvalue weighted by atomic mass is 16.5. The first-order valence-corrected chi connectivity index (χ1v) is 7.08. The van der Waals surface area contributed by atoms with Gasteiger partial charge in [-0.25, -0.2) is 4.98 Å². The molecule has 0 aromatic carbocycles. The molecule has 2 aromatic heterocycles. The summed E-state index contributed by atoms with van der Waals surface area (Å²) in [5, 5.41) is 9.16. The normalized spacial score (nSPS) is 24.9. The van der Waals surface area contributed by atoms with Crippen LogP contribution in [0, 0.1) is 5.92 Å². The highest BCUT2D eigenvalue weighted by molar-refractivity contribution is 5.70. The molecule has 1 fully saturated rings. The van der Waals surface area contributed by atoms with E-state index in [0.29, 0.717) is 5.65 Å². The molecular weight excluding hydrogens is 274 g/mol. The lowest BCUT2D eigenvalue weighted by Gasteiger charge is -2.17.